The molecular weight excluding hydrogens is 282 g/mol. The maximum Gasteiger partial charge on any atom is 0.128 e. The minimum atomic E-state index is 0.439. The van der Waals surface area contributed by atoms with E-state index in [4.69, 9.17) is 16.3 Å². The monoisotopic (exact) mass is 303 g/mol. The van der Waals surface area contributed by atoms with Crippen molar-refractivity contribution in [2.75, 3.05) is 0 Å². The van der Waals surface area contributed by atoms with Crippen molar-refractivity contribution in [1.29, 1.82) is 0 Å². The maximum absolute atomic E-state index is 6.32. The van der Waals surface area contributed by atoms with Gasteiger partial charge in [0.05, 0.1) is 0 Å². The van der Waals surface area contributed by atoms with Crippen molar-refractivity contribution in [1.82, 2.24) is 5.32 Å². The number of nitrogens with one attached hydrogen (secondary N) is 1. The van der Waals surface area contributed by atoms with Crippen molar-refractivity contribution in [3.8, 4) is 11.5 Å². The normalized spacial score (nSPS) is 10.9. The van der Waals surface area contributed by atoms with Crippen LogP contribution in [0.1, 0.15) is 31.9 Å². The molecule has 0 saturated carbocycles. The van der Waals surface area contributed by atoms with Gasteiger partial charge in [-0.3, -0.25) is 0 Å². The lowest BCUT2D eigenvalue weighted by atomic mass is 10.1. The van der Waals surface area contributed by atoms with Crippen molar-refractivity contribution in [3.63, 3.8) is 0 Å². The van der Waals surface area contributed by atoms with E-state index in [1.54, 1.807) is 0 Å². The van der Waals surface area contributed by atoms with E-state index < -0.39 is 0 Å². The third-order valence-electron chi connectivity index (χ3n) is 3.27. The average Bonchev–Trinajstić information content (AvgIpc) is 2.46. The molecule has 0 heterocycles. The molecule has 0 aromatic heterocycles. The second-order valence-electron chi connectivity index (χ2n) is 5.39. The van der Waals surface area contributed by atoms with Gasteiger partial charge in [0.2, 0.25) is 0 Å². The van der Waals surface area contributed by atoms with Crippen LogP contribution in [-0.2, 0) is 13.0 Å². The molecule has 112 valence electrons. The Kier molecular flexibility index (Phi) is 5.66. The minimum Gasteiger partial charge on any atom is -0.457 e. The van der Waals surface area contributed by atoms with Crippen LogP contribution in [0.2, 0.25) is 5.02 Å². The molecule has 21 heavy (non-hydrogen) atoms. The molecule has 0 aliphatic heterocycles. The fourth-order valence-electron chi connectivity index (χ4n) is 2.01. The third kappa shape index (κ3) is 4.76. The molecule has 2 aromatic carbocycles. The van der Waals surface area contributed by atoms with E-state index in [0.29, 0.717) is 6.04 Å². The van der Waals surface area contributed by atoms with E-state index in [1.165, 1.54) is 5.56 Å². The first kappa shape index (κ1) is 15.9. The first-order chi connectivity index (χ1) is 10.1. The van der Waals surface area contributed by atoms with Gasteiger partial charge in [0.15, 0.2) is 0 Å². The quantitative estimate of drug-likeness (QED) is 0.792. The highest BCUT2D eigenvalue weighted by Gasteiger charge is 2.05. The second kappa shape index (κ2) is 7.48. The van der Waals surface area contributed by atoms with Crippen LogP contribution >= 0.6 is 11.6 Å². The average molecular weight is 304 g/mol. The summed E-state index contributed by atoms with van der Waals surface area (Å²) in [6, 6.07) is 14.4. The Morgan fingerprint density at radius 3 is 2.52 bits per heavy atom. The van der Waals surface area contributed by atoms with Gasteiger partial charge in [0, 0.05) is 17.6 Å². The zero-order valence-electron chi connectivity index (χ0n) is 12.8. The molecule has 2 rings (SSSR count). The van der Waals surface area contributed by atoms with E-state index >= 15 is 0 Å². The summed E-state index contributed by atoms with van der Waals surface area (Å²) in [6.45, 7) is 7.13. The number of halogens is 1. The van der Waals surface area contributed by atoms with Crippen molar-refractivity contribution in [2.24, 2.45) is 0 Å². The lowest BCUT2D eigenvalue weighted by molar-refractivity contribution is 0.481. The van der Waals surface area contributed by atoms with Crippen LogP contribution in [0.3, 0.4) is 0 Å². The fraction of sp³-hybridized carbons (Fsp3) is 0.333. The van der Waals surface area contributed by atoms with Crippen LogP contribution < -0.4 is 10.1 Å². The Hall–Kier alpha value is -1.51. The van der Waals surface area contributed by atoms with Crippen LogP contribution in [0.5, 0.6) is 11.5 Å². The Morgan fingerprint density at radius 1 is 1.10 bits per heavy atom. The molecule has 0 spiro atoms. The highest BCUT2D eigenvalue weighted by atomic mass is 35.5. The number of hydrogen-bond donors (Lipinski definition) is 1. The predicted octanol–water partition coefficient (Wildman–Crippen LogP) is 5.19. The Morgan fingerprint density at radius 2 is 1.86 bits per heavy atom. The lowest BCUT2D eigenvalue weighted by Gasteiger charge is -2.12. The molecule has 0 fully saturated rings. The van der Waals surface area contributed by atoms with Gasteiger partial charge in [0.25, 0.3) is 0 Å². The van der Waals surface area contributed by atoms with Crippen LogP contribution in [0.15, 0.2) is 42.5 Å². The molecule has 0 aliphatic carbocycles. The molecule has 0 aliphatic rings. The first-order valence-electron chi connectivity index (χ1n) is 7.37. The van der Waals surface area contributed by atoms with Crippen LogP contribution in [0.25, 0.3) is 0 Å². The van der Waals surface area contributed by atoms with E-state index in [-0.39, 0.29) is 0 Å². The Balaban J connectivity index is 2.09. The number of ether oxygens (including phenoxy) is 1. The van der Waals surface area contributed by atoms with Crippen LogP contribution in [0, 0.1) is 0 Å². The van der Waals surface area contributed by atoms with Gasteiger partial charge in [0.1, 0.15) is 11.5 Å². The summed E-state index contributed by atoms with van der Waals surface area (Å²) >= 11 is 6.32. The van der Waals surface area contributed by atoms with E-state index in [9.17, 15) is 0 Å². The largest absolute Gasteiger partial charge is 0.457 e. The minimum absolute atomic E-state index is 0.439. The summed E-state index contributed by atoms with van der Waals surface area (Å²) in [7, 11) is 0. The van der Waals surface area contributed by atoms with E-state index in [0.717, 1.165) is 35.1 Å². The Labute approximate surface area is 132 Å². The van der Waals surface area contributed by atoms with Gasteiger partial charge in [-0.2, -0.15) is 0 Å². The van der Waals surface area contributed by atoms with Crippen LogP contribution in [0.4, 0.5) is 0 Å². The summed E-state index contributed by atoms with van der Waals surface area (Å²) in [5.41, 5.74) is 2.34. The van der Waals surface area contributed by atoms with Gasteiger partial charge in [-0.15, -0.1) is 0 Å². The van der Waals surface area contributed by atoms with E-state index in [1.807, 2.05) is 30.3 Å². The maximum atomic E-state index is 6.32. The molecule has 0 saturated heterocycles. The molecule has 1 N–H and O–H groups in total. The standard InChI is InChI=1S/C18H22ClNO/c1-4-14-6-5-7-16(10-14)21-17-9-8-15(18(19)11-17)12-20-13(2)3/h5-11,13,20H,4,12H2,1-3H3. The topological polar surface area (TPSA) is 21.3 Å². The molecule has 0 atom stereocenters. The van der Waals surface area contributed by atoms with Gasteiger partial charge in [-0.1, -0.05) is 50.6 Å². The third-order valence-corrected chi connectivity index (χ3v) is 3.62. The second-order valence-corrected chi connectivity index (χ2v) is 5.80. The summed E-state index contributed by atoms with van der Waals surface area (Å²) in [5, 5.41) is 4.09. The first-order valence-corrected chi connectivity index (χ1v) is 7.75. The number of rotatable bonds is 6. The summed E-state index contributed by atoms with van der Waals surface area (Å²) in [5.74, 6) is 1.61. The number of benzene rings is 2. The SMILES string of the molecule is CCc1cccc(Oc2ccc(CNC(C)C)c(Cl)c2)c1. The molecule has 0 amide bonds. The highest BCUT2D eigenvalue weighted by molar-refractivity contribution is 6.31. The van der Waals surface area contributed by atoms with Gasteiger partial charge in [-0.05, 0) is 41.8 Å². The summed E-state index contributed by atoms with van der Waals surface area (Å²) in [6.07, 6.45) is 0.998. The molecule has 3 heteroatoms. The predicted molar refractivity (Wildman–Crippen MR) is 89.3 cm³/mol. The summed E-state index contributed by atoms with van der Waals surface area (Å²) in [4.78, 5) is 0. The zero-order chi connectivity index (χ0) is 15.2. The van der Waals surface area contributed by atoms with Gasteiger partial charge >= 0.3 is 0 Å². The van der Waals surface area contributed by atoms with Crippen molar-refractivity contribution < 1.29 is 4.74 Å². The van der Waals surface area contributed by atoms with Crippen LogP contribution in [-0.4, -0.2) is 6.04 Å². The molecule has 2 aromatic rings. The highest BCUT2D eigenvalue weighted by Crippen LogP contribution is 2.27. The molecule has 0 bridgehead atoms. The Bertz CT molecular complexity index is 596. The van der Waals surface area contributed by atoms with Crippen molar-refractivity contribution in [2.45, 2.75) is 39.8 Å². The molecular formula is C18H22ClNO. The molecule has 0 radical (unpaired) electrons. The molecule has 2 nitrogen and oxygen atoms in total. The zero-order valence-corrected chi connectivity index (χ0v) is 13.6. The van der Waals surface area contributed by atoms with Gasteiger partial charge < -0.3 is 10.1 Å². The fourth-order valence-corrected chi connectivity index (χ4v) is 2.25. The number of hydrogen-bond acceptors (Lipinski definition) is 2. The lowest BCUT2D eigenvalue weighted by Crippen LogP contribution is -2.21. The van der Waals surface area contributed by atoms with Crippen molar-refractivity contribution >= 4 is 11.6 Å². The van der Waals surface area contributed by atoms with Crippen molar-refractivity contribution in [3.05, 3.63) is 58.6 Å². The van der Waals surface area contributed by atoms with Gasteiger partial charge in [-0.25, -0.2) is 0 Å². The smallest absolute Gasteiger partial charge is 0.128 e. The van der Waals surface area contributed by atoms with E-state index in [2.05, 4.69) is 38.2 Å². The molecule has 0 unspecified atom stereocenters. The number of aryl methyl sites for hydroxylation is 1. The summed E-state index contributed by atoms with van der Waals surface area (Å²) < 4.78 is 5.88.